The van der Waals surface area contributed by atoms with E-state index in [1.807, 2.05) is 0 Å². The molecule has 0 aliphatic rings. The molecular weight excluding hydrogens is 284 g/mol. The average molecular weight is 304 g/mol. The maximum atomic E-state index is 11.3. The number of ketones is 1. The molecule has 0 saturated carbocycles. The third kappa shape index (κ3) is 7.42. The molecule has 0 heterocycles. The number of carbonyl (C=O) groups is 3. The predicted molar refractivity (Wildman–Crippen MR) is 70.1 cm³/mol. The molecule has 0 aliphatic heterocycles. The van der Waals surface area contributed by atoms with E-state index in [1.54, 1.807) is 0 Å². The Balaban J connectivity index is 4.13. The zero-order chi connectivity index (χ0) is 16.6. The first-order chi connectivity index (χ1) is 9.68. The minimum atomic E-state index is -1.44. The largest absolute Gasteiger partial charge is 0.511 e. The summed E-state index contributed by atoms with van der Waals surface area (Å²) in [6.07, 6.45) is -3.73. The lowest BCUT2D eigenvalue weighted by Crippen LogP contribution is -2.33. The number of hydrogen-bond acceptors (Lipinski definition) is 8. The lowest BCUT2D eigenvalue weighted by Gasteiger charge is -2.18. The summed E-state index contributed by atoms with van der Waals surface area (Å²) in [7, 11) is 0. The van der Waals surface area contributed by atoms with E-state index in [4.69, 9.17) is 9.84 Å². The van der Waals surface area contributed by atoms with E-state index in [1.165, 1.54) is 20.8 Å². The fourth-order valence-corrected chi connectivity index (χ4v) is 1.15. The zero-order valence-electron chi connectivity index (χ0n) is 12.2. The van der Waals surface area contributed by atoms with Crippen molar-refractivity contribution in [2.45, 2.75) is 33.2 Å². The van der Waals surface area contributed by atoms with Gasteiger partial charge in [-0.3, -0.25) is 4.79 Å². The van der Waals surface area contributed by atoms with Crippen LogP contribution in [0.5, 0.6) is 0 Å². The summed E-state index contributed by atoms with van der Waals surface area (Å²) in [5, 5.41) is 18.0. The molecule has 0 rings (SSSR count). The van der Waals surface area contributed by atoms with Gasteiger partial charge in [-0.25, -0.2) is 9.59 Å². The number of aliphatic hydroxyl groups is 2. The van der Waals surface area contributed by atoms with Gasteiger partial charge in [0.05, 0.1) is 0 Å². The monoisotopic (exact) mass is 304 g/mol. The van der Waals surface area contributed by atoms with Crippen molar-refractivity contribution in [1.82, 2.24) is 0 Å². The number of aliphatic hydroxyl groups excluding tert-OH is 2. The van der Waals surface area contributed by atoms with Crippen LogP contribution in [0.25, 0.3) is 0 Å². The molecule has 21 heavy (non-hydrogen) atoms. The Bertz CT molecular complexity index is 403. The third-order valence-electron chi connectivity index (χ3n) is 2.37. The molecule has 120 valence electrons. The lowest BCUT2D eigenvalue weighted by molar-refractivity contribution is -0.163. The number of ether oxygens (including phenoxy) is 3. The molecule has 0 aliphatic carbocycles. The zero-order valence-corrected chi connectivity index (χ0v) is 12.2. The number of carbonyl (C=O) groups excluding carboxylic acids is 3. The van der Waals surface area contributed by atoms with E-state index in [0.717, 1.165) is 0 Å². The fraction of sp³-hybridized carbons (Fsp3) is 0.615. The van der Waals surface area contributed by atoms with Gasteiger partial charge in [0.25, 0.3) is 0 Å². The van der Waals surface area contributed by atoms with E-state index in [-0.39, 0.29) is 12.2 Å². The number of hydrogen-bond donors (Lipinski definition) is 2. The second-order valence-electron chi connectivity index (χ2n) is 4.48. The Labute approximate surface area is 122 Å². The molecule has 0 fully saturated rings. The third-order valence-corrected chi connectivity index (χ3v) is 2.37. The topological polar surface area (TPSA) is 119 Å². The molecule has 8 heteroatoms. The van der Waals surface area contributed by atoms with Crippen LogP contribution in [0.4, 0.5) is 4.79 Å². The fourth-order valence-electron chi connectivity index (χ4n) is 1.15. The molecule has 0 aromatic heterocycles. The summed E-state index contributed by atoms with van der Waals surface area (Å²) < 4.78 is 14.0. The van der Waals surface area contributed by atoms with Gasteiger partial charge in [0.2, 0.25) is 6.29 Å². The average Bonchev–Trinajstić information content (AvgIpc) is 2.42. The van der Waals surface area contributed by atoms with Crippen molar-refractivity contribution in [2.75, 3.05) is 13.2 Å². The number of Topliss-reactive ketones (excluding diaryl/α,β-unsaturated/α-hetero) is 1. The molecule has 0 aromatic rings. The Morgan fingerprint density at radius 1 is 1.19 bits per heavy atom. The van der Waals surface area contributed by atoms with Crippen molar-refractivity contribution in [3.63, 3.8) is 0 Å². The summed E-state index contributed by atoms with van der Waals surface area (Å²) in [5.74, 6) is -2.21. The van der Waals surface area contributed by atoms with Crippen LogP contribution in [0, 0.1) is 5.92 Å². The first-order valence-corrected chi connectivity index (χ1v) is 6.20. The van der Waals surface area contributed by atoms with Crippen LogP contribution in [0.2, 0.25) is 0 Å². The van der Waals surface area contributed by atoms with Gasteiger partial charge in [-0.2, -0.15) is 0 Å². The van der Waals surface area contributed by atoms with Crippen LogP contribution in [0.3, 0.4) is 0 Å². The Morgan fingerprint density at radius 2 is 1.76 bits per heavy atom. The maximum absolute atomic E-state index is 11.3. The Kier molecular flexibility index (Phi) is 8.25. The van der Waals surface area contributed by atoms with Gasteiger partial charge in [0, 0.05) is 18.4 Å². The van der Waals surface area contributed by atoms with Crippen LogP contribution in [-0.2, 0) is 23.8 Å². The van der Waals surface area contributed by atoms with Crippen LogP contribution in [0.15, 0.2) is 12.2 Å². The first kappa shape index (κ1) is 19.1. The minimum Gasteiger partial charge on any atom is -0.434 e. The predicted octanol–water partition coefficient (Wildman–Crippen LogP) is 0.163. The molecular formula is C13H20O8. The van der Waals surface area contributed by atoms with Gasteiger partial charge in [-0.1, -0.05) is 13.5 Å². The summed E-state index contributed by atoms with van der Waals surface area (Å²) in [4.78, 5) is 33.5. The maximum Gasteiger partial charge on any atom is 0.511 e. The highest BCUT2D eigenvalue weighted by Gasteiger charge is 2.24. The van der Waals surface area contributed by atoms with Crippen LogP contribution < -0.4 is 0 Å². The quantitative estimate of drug-likeness (QED) is 0.370. The highest BCUT2D eigenvalue weighted by atomic mass is 16.8. The van der Waals surface area contributed by atoms with Gasteiger partial charge in [-0.05, 0) is 6.92 Å². The van der Waals surface area contributed by atoms with E-state index in [0.29, 0.717) is 0 Å². The van der Waals surface area contributed by atoms with Gasteiger partial charge in [0.15, 0.2) is 5.78 Å². The highest BCUT2D eigenvalue weighted by Crippen LogP contribution is 2.07. The highest BCUT2D eigenvalue weighted by molar-refractivity contribution is 5.87. The smallest absolute Gasteiger partial charge is 0.434 e. The minimum absolute atomic E-state index is 0.151. The SMILES string of the molecule is C=C(C)C(=O)OC(C)OC(=O)OCC(C)C(O)C(=O)CO. The molecule has 3 atom stereocenters. The molecule has 0 aromatic carbocycles. The second kappa shape index (κ2) is 9.09. The van der Waals surface area contributed by atoms with Crippen molar-refractivity contribution in [3.8, 4) is 0 Å². The molecule has 0 amide bonds. The van der Waals surface area contributed by atoms with E-state index in [9.17, 15) is 19.5 Å². The van der Waals surface area contributed by atoms with Crippen molar-refractivity contribution in [2.24, 2.45) is 5.92 Å². The molecule has 0 saturated heterocycles. The van der Waals surface area contributed by atoms with Crippen molar-refractivity contribution in [3.05, 3.63) is 12.2 Å². The van der Waals surface area contributed by atoms with Crippen molar-refractivity contribution < 1.29 is 38.8 Å². The lowest BCUT2D eigenvalue weighted by atomic mass is 10.0. The molecule has 0 bridgehead atoms. The van der Waals surface area contributed by atoms with E-state index >= 15 is 0 Å². The molecule has 0 spiro atoms. The van der Waals surface area contributed by atoms with Crippen LogP contribution in [0.1, 0.15) is 20.8 Å². The second-order valence-corrected chi connectivity index (χ2v) is 4.48. The summed E-state index contributed by atoms with van der Waals surface area (Å²) in [6.45, 7) is 6.47. The van der Waals surface area contributed by atoms with Crippen LogP contribution >= 0.6 is 0 Å². The standard InChI is InChI=1S/C13H20O8/c1-7(2)12(17)20-9(4)21-13(18)19-6-8(3)11(16)10(15)5-14/h8-9,11,14,16H,1,5-6H2,2-4H3. The van der Waals surface area contributed by atoms with Crippen molar-refractivity contribution in [1.29, 1.82) is 0 Å². The van der Waals surface area contributed by atoms with Gasteiger partial charge >= 0.3 is 12.1 Å². The molecule has 0 radical (unpaired) electrons. The molecule has 8 nitrogen and oxygen atoms in total. The van der Waals surface area contributed by atoms with Gasteiger partial charge in [-0.15, -0.1) is 0 Å². The summed E-state index contributed by atoms with van der Waals surface area (Å²) in [6, 6.07) is 0. The Hall–Kier alpha value is -1.93. The summed E-state index contributed by atoms with van der Waals surface area (Å²) >= 11 is 0. The Morgan fingerprint density at radius 3 is 2.24 bits per heavy atom. The first-order valence-electron chi connectivity index (χ1n) is 6.20. The van der Waals surface area contributed by atoms with Crippen LogP contribution in [-0.4, -0.2) is 53.7 Å². The number of rotatable bonds is 8. The molecule has 2 N–H and O–H groups in total. The molecule has 3 unspecified atom stereocenters. The van der Waals surface area contributed by atoms with Gasteiger partial charge < -0.3 is 24.4 Å². The van der Waals surface area contributed by atoms with Crippen molar-refractivity contribution >= 4 is 17.9 Å². The normalized spacial score (nSPS) is 14.5. The van der Waals surface area contributed by atoms with E-state index in [2.05, 4.69) is 16.1 Å². The van der Waals surface area contributed by atoms with Gasteiger partial charge in [0.1, 0.15) is 19.3 Å². The van der Waals surface area contributed by atoms with E-state index < -0.39 is 42.8 Å². The number of esters is 1. The summed E-state index contributed by atoms with van der Waals surface area (Å²) in [5.41, 5.74) is 0.151.